The molecule has 2 aromatic carbocycles. The molecule has 1 aromatic heterocycles. The minimum absolute atomic E-state index is 0.00185. The lowest BCUT2D eigenvalue weighted by Crippen LogP contribution is -2.58. The molecule has 0 bridgehead atoms. The van der Waals surface area contributed by atoms with Crippen molar-refractivity contribution < 1.29 is 4.79 Å². The zero-order valence-corrected chi connectivity index (χ0v) is 20.3. The van der Waals surface area contributed by atoms with Gasteiger partial charge in [-0.25, -0.2) is 4.98 Å². The van der Waals surface area contributed by atoms with Gasteiger partial charge in [0.2, 0.25) is 5.91 Å². The van der Waals surface area contributed by atoms with E-state index in [0.29, 0.717) is 12.1 Å². The number of benzene rings is 2. The summed E-state index contributed by atoms with van der Waals surface area (Å²) in [6.45, 7) is 7.81. The molecule has 3 aromatic rings. The second kappa shape index (κ2) is 10.7. The Balaban J connectivity index is 1.66. The lowest BCUT2D eigenvalue weighted by Gasteiger charge is -2.44. The Bertz CT molecular complexity index is 1150. The number of imidazole rings is 1. The first kappa shape index (κ1) is 23.7. The van der Waals surface area contributed by atoms with Gasteiger partial charge in [0.05, 0.1) is 35.7 Å². The summed E-state index contributed by atoms with van der Waals surface area (Å²) in [7, 11) is 0. The molecular formula is C28H33N5O. The minimum Gasteiger partial charge on any atom is -0.347 e. The SMILES string of the molecule is CCCCC1C(=O)N(c2cccc(C)c2C)CCN1C(Cc1ccc(C#N)cc1)c1cnc[nH]1. The van der Waals surface area contributed by atoms with Crippen molar-refractivity contribution in [2.24, 2.45) is 0 Å². The Morgan fingerprint density at radius 2 is 1.97 bits per heavy atom. The first-order chi connectivity index (χ1) is 16.5. The number of nitrogens with one attached hydrogen (secondary N) is 1. The zero-order chi connectivity index (χ0) is 24.1. The van der Waals surface area contributed by atoms with E-state index in [1.807, 2.05) is 41.4 Å². The van der Waals surface area contributed by atoms with Crippen molar-refractivity contribution in [2.75, 3.05) is 18.0 Å². The van der Waals surface area contributed by atoms with E-state index >= 15 is 0 Å². The fourth-order valence-electron chi connectivity index (χ4n) is 4.92. The molecule has 2 heterocycles. The number of aryl methyl sites for hydroxylation is 1. The molecule has 176 valence electrons. The summed E-state index contributed by atoms with van der Waals surface area (Å²) in [5, 5.41) is 9.15. The summed E-state index contributed by atoms with van der Waals surface area (Å²) in [5.74, 6) is 0.178. The maximum Gasteiger partial charge on any atom is 0.244 e. The van der Waals surface area contributed by atoms with Crippen molar-refractivity contribution in [3.63, 3.8) is 0 Å². The monoisotopic (exact) mass is 455 g/mol. The highest BCUT2D eigenvalue weighted by molar-refractivity contribution is 5.98. The van der Waals surface area contributed by atoms with Crippen LogP contribution >= 0.6 is 0 Å². The average Bonchev–Trinajstić information content (AvgIpc) is 3.39. The standard InChI is InChI=1S/C28H33N5O/c1-4-5-8-26-28(34)33(25-9-6-7-20(2)21(25)3)15-14-32(26)27(24-18-30-19-31-24)16-22-10-12-23(17-29)13-11-22/h6-7,9-13,18-19,26-27H,4-5,8,14-16H2,1-3H3,(H,30,31). The first-order valence-electron chi connectivity index (χ1n) is 12.1. The Hall–Kier alpha value is -3.43. The molecule has 1 aliphatic rings. The number of aromatic nitrogens is 2. The summed E-state index contributed by atoms with van der Waals surface area (Å²) in [5.41, 5.74) is 6.20. The summed E-state index contributed by atoms with van der Waals surface area (Å²) in [6.07, 6.45) is 7.19. The number of nitriles is 1. The first-order valence-corrected chi connectivity index (χ1v) is 12.1. The van der Waals surface area contributed by atoms with Crippen LogP contribution in [-0.4, -0.2) is 39.9 Å². The summed E-state index contributed by atoms with van der Waals surface area (Å²) in [4.78, 5) is 25.9. The van der Waals surface area contributed by atoms with Crippen molar-refractivity contribution in [3.05, 3.63) is 82.9 Å². The van der Waals surface area contributed by atoms with E-state index in [1.54, 1.807) is 6.33 Å². The van der Waals surface area contributed by atoms with Crippen molar-refractivity contribution >= 4 is 11.6 Å². The van der Waals surface area contributed by atoms with E-state index in [2.05, 4.69) is 53.8 Å². The van der Waals surface area contributed by atoms with Gasteiger partial charge in [0, 0.05) is 25.0 Å². The van der Waals surface area contributed by atoms with Crippen LogP contribution in [0.4, 0.5) is 5.69 Å². The number of unbranched alkanes of at least 4 members (excludes halogenated alkanes) is 1. The fraction of sp³-hybridized carbons (Fsp3) is 0.393. The maximum atomic E-state index is 13.9. The molecule has 0 spiro atoms. The molecule has 2 unspecified atom stereocenters. The van der Waals surface area contributed by atoms with Crippen molar-refractivity contribution in [2.45, 2.75) is 58.5 Å². The smallest absolute Gasteiger partial charge is 0.244 e. The highest BCUT2D eigenvalue weighted by Gasteiger charge is 2.39. The van der Waals surface area contributed by atoms with Gasteiger partial charge in [0.25, 0.3) is 0 Å². The maximum absolute atomic E-state index is 13.9. The normalized spacial score (nSPS) is 17.5. The van der Waals surface area contributed by atoms with Gasteiger partial charge in [-0.2, -0.15) is 5.26 Å². The van der Waals surface area contributed by atoms with Crippen LogP contribution in [-0.2, 0) is 11.2 Å². The molecule has 0 saturated carbocycles. The average molecular weight is 456 g/mol. The number of amides is 1. The molecule has 0 aliphatic carbocycles. The molecule has 2 atom stereocenters. The second-order valence-corrected chi connectivity index (χ2v) is 9.14. The van der Waals surface area contributed by atoms with Crippen LogP contribution in [0.2, 0.25) is 0 Å². The third kappa shape index (κ3) is 4.90. The lowest BCUT2D eigenvalue weighted by molar-refractivity contribution is -0.127. The van der Waals surface area contributed by atoms with E-state index < -0.39 is 0 Å². The van der Waals surface area contributed by atoms with Crippen LogP contribution in [0.1, 0.15) is 60.2 Å². The number of carbonyl (C=O) groups excluding carboxylic acids is 1. The topological polar surface area (TPSA) is 76.0 Å². The molecular weight excluding hydrogens is 422 g/mol. The van der Waals surface area contributed by atoms with Crippen LogP contribution in [0.5, 0.6) is 0 Å². The van der Waals surface area contributed by atoms with Gasteiger partial charge in [-0.15, -0.1) is 0 Å². The fourth-order valence-corrected chi connectivity index (χ4v) is 4.92. The Morgan fingerprint density at radius 1 is 1.18 bits per heavy atom. The van der Waals surface area contributed by atoms with Gasteiger partial charge in [-0.1, -0.05) is 44.0 Å². The van der Waals surface area contributed by atoms with Crippen LogP contribution < -0.4 is 4.90 Å². The summed E-state index contributed by atoms with van der Waals surface area (Å²) < 4.78 is 0. The van der Waals surface area contributed by atoms with E-state index in [1.165, 1.54) is 11.1 Å². The quantitative estimate of drug-likeness (QED) is 0.513. The molecule has 34 heavy (non-hydrogen) atoms. The molecule has 1 saturated heterocycles. The molecule has 0 radical (unpaired) electrons. The van der Waals surface area contributed by atoms with Crippen LogP contribution in [0.3, 0.4) is 0 Å². The van der Waals surface area contributed by atoms with Gasteiger partial charge in [0.15, 0.2) is 0 Å². The Kier molecular flexibility index (Phi) is 7.44. The van der Waals surface area contributed by atoms with Crippen LogP contribution in [0, 0.1) is 25.2 Å². The molecule has 1 fully saturated rings. The number of rotatable bonds is 8. The third-order valence-corrected chi connectivity index (χ3v) is 7.02. The van der Waals surface area contributed by atoms with Crippen LogP contribution in [0.15, 0.2) is 55.0 Å². The molecule has 1 amide bonds. The number of anilines is 1. The van der Waals surface area contributed by atoms with Gasteiger partial charge in [-0.05, 0) is 61.6 Å². The molecule has 6 heteroatoms. The second-order valence-electron chi connectivity index (χ2n) is 9.14. The summed E-state index contributed by atoms with van der Waals surface area (Å²) in [6, 6.07) is 15.9. The molecule has 1 N–H and O–H groups in total. The third-order valence-electron chi connectivity index (χ3n) is 7.02. The van der Waals surface area contributed by atoms with Crippen molar-refractivity contribution in [1.29, 1.82) is 5.26 Å². The van der Waals surface area contributed by atoms with Gasteiger partial charge in [0.1, 0.15) is 0 Å². The van der Waals surface area contributed by atoms with Gasteiger partial charge >= 0.3 is 0 Å². The number of piperazine rings is 1. The number of hydrogen-bond acceptors (Lipinski definition) is 4. The van der Waals surface area contributed by atoms with E-state index in [-0.39, 0.29) is 18.0 Å². The van der Waals surface area contributed by atoms with Gasteiger partial charge in [-0.3, -0.25) is 9.69 Å². The highest BCUT2D eigenvalue weighted by atomic mass is 16.2. The van der Waals surface area contributed by atoms with Gasteiger partial charge < -0.3 is 9.88 Å². The molecule has 4 rings (SSSR count). The molecule has 1 aliphatic heterocycles. The van der Waals surface area contributed by atoms with Crippen molar-refractivity contribution in [3.8, 4) is 6.07 Å². The number of carbonyl (C=O) groups is 1. The Morgan fingerprint density at radius 3 is 2.65 bits per heavy atom. The van der Waals surface area contributed by atoms with Crippen molar-refractivity contribution in [1.82, 2.24) is 14.9 Å². The number of H-pyrrole nitrogens is 1. The number of nitrogens with zero attached hydrogens (tertiary/aromatic N) is 4. The number of aromatic amines is 1. The van der Waals surface area contributed by atoms with E-state index in [4.69, 9.17) is 5.26 Å². The minimum atomic E-state index is -0.194. The zero-order valence-electron chi connectivity index (χ0n) is 20.3. The predicted octanol–water partition coefficient (Wildman–Crippen LogP) is 5.09. The van der Waals surface area contributed by atoms with E-state index in [0.717, 1.165) is 49.2 Å². The highest BCUT2D eigenvalue weighted by Crippen LogP contribution is 2.33. The number of hydrogen-bond donors (Lipinski definition) is 1. The Labute approximate surface area is 202 Å². The summed E-state index contributed by atoms with van der Waals surface area (Å²) >= 11 is 0. The predicted molar refractivity (Wildman–Crippen MR) is 134 cm³/mol. The largest absolute Gasteiger partial charge is 0.347 e. The van der Waals surface area contributed by atoms with E-state index in [9.17, 15) is 4.79 Å². The molecule has 6 nitrogen and oxygen atoms in total. The van der Waals surface area contributed by atoms with Crippen LogP contribution in [0.25, 0.3) is 0 Å². The lowest BCUT2D eigenvalue weighted by atomic mass is 9.95.